The Balaban J connectivity index is 1.40. The minimum atomic E-state index is -1.18. The average molecular weight is 542 g/mol. The number of piperidine rings is 1. The molecule has 6 rings (SSSR count). The maximum Gasteiger partial charge on any atom is 0.165 e. The summed E-state index contributed by atoms with van der Waals surface area (Å²) >= 11 is 0. The number of hydrogen-bond acceptors (Lipinski definition) is 8. The molecule has 0 bridgehead atoms. The zero-order valence-corrected chi connectivity index (χ0v) is 22.0. The first-order valence-corrected chi connectivity index (χ1v) is 13.1. The van der Waals surface area contributed by atoms with E-state index in [4.69, 9.17) is 16.5 Å². The second kappa shape index (κ2) is 10.2. The topological polar surface area (TPSA) is 125 Å². The molecule has 11 heteroatoms. The smallest absolute Gasteiger partial charge is 0.165 e. The summed E-state index contributed by atoms with van der Waals surface area (Å²) in [7, 11) is 0. The number of hydrogen-bond donors (Lipinski definition) is 2. The van der Waals surface area contributed by atoms with Crippen molar-refractivity contribution in [2.24, 2.45) is 5.73 Å². The number of imidazole rings is 1. The van der Waals surface area contributed by atoms with Crippen LogP contribution in [0.4, 0.5) is 20.3 Å². The van der Waals surface area contributed by atoms with E-state index in [0.717, 1.165) is 36.2 Å². The van der Waals surface area contributed by atoms with E-state index in [1.54, 1.807) is 24.5 Å². The van der Waals surface area contributed by atoms with Gasteiger partial charge in [0.05, 0.1) is 47.4 Å². The number of alkyl halides is 1. The van der Waals surface area contributed by atoms with Crippen molar-refractivity contribution >= 4 is 22.7 Å². The molecule has 0 aliphatic carbocycles. The van der Waals surface area contributed by atoms with Gasteiger partial charge in [0, 0.05) is 18.7 Å². The van der Waals surface area contributed by atoms with E-state index in [1.165, 1.54) is 25.4 Å². The first-order chi connectivity index (χ1) is 19.3. The van der Waals surface area contributed by atoms with Gasteiger partial charge in [-0.1, -0.05) is 6.07 Å². The first kappa shape index (κ1) is 25.8. The van der Waals surface area contributed by atoms with Gasteiger partial charge in [0.25, 0.3) is 0 Å². The van der Waals surface area contributed by atoms with Crippen LogP contribution < -0.4 is 16.4 Å². The maximum absolute atomic E-state index is 14.0. The Morgan fingerprint density at radius 2 is 1.90 bits per heavy atom. The third kappa shape index (κ3) is 4.84. The molecule has 1 saturated heterocycles. The van der Waals surface area contributed by atoms with Crippen molar-refractivity contribution < 1.29 is 8.78 Å². The summed E-state index contributed by atoms with van der Waals surface area (Å²) in [4.78, 5) is 24.4. The van der Waals surface area contributed by atoms with Crippen molar-refractivity contribution in [3.05, 3.63) is 90.2 Å². The van der Waals surface area contributed by atoms with E-state index in [-0.39, 0.29) is 5.82 Å². The van der Waals surface area contributed by atoms with Gasteiger partial charge in [-0.2, -0.15) is 0 Å². The Bertz CT molecular complexity index is 1670. The van der Waals surface area contributed by atoms with Gasteiger partial charge < -0.3 is 20.9 Å². The van der Waals surface area contributed by atoms with Gasteiger partial charge in [-0.15, -0.1) is 0 Å². The summed E-state index contributed by atoms with van der Waals surface area (Å²) in [6, 6.07) is 13.6. The molecule has 1 aliphatic heterocycles. The van der Waals surface area contributed by atoms with Gasteiger partial charge in [0.1, 0.15) is 23.8 Å². The Morgan fingerprint density at radius 1 is 1.07 bits per heavy atom. The highest BCUT2D eigenvalue weighted by Gasteiger charge is 2.36. The monoisotopic (exact) mass is 541 g/mol. The minimum Gasteiger partial charge on any atom is -0.382 e. The number of pyridine rings is 2. The van der Waals surface area contributed by atoms with Crippen LogP contribution in [0.5, 0.6) is 0 Å². The highest BCUT2D eigenvalue weighted by molar-refractivity contribution is 5.81. The zero-order valence-electron chi connectivity index (χ0n) is 22.0. The Kier molecular flexibility index (Phi) is 6.59. The number of aromatic nitrogens is 6. The number of halogens is 2. The van der Waals surface area contributed by atoms with Gasteiger partial charge in [-0.05, 0) is 67.8 Å². The van der Waals surface area contributed by atoms with Gasteiger partial charge in [0.2, 0.25) is 0 Å². The van der Waals surface area contributed by atoms with Crippen LogP contribution in [-0.4, -0.2) is 42.6 Å². The first-order valence-electron chi connectivity index (χ1n) is 13.1. The molecule has 5 heterocycles. The molecule has 4 aromatic heterocycles. The Hall–Kier alpha value is -4.51. The summed E-state index contributed by atoms with van der Waals surface area (Å²) in [6.07, 6.45) is 5.30. The minimum absolute atomic E-state index is 0.310. The number of nitrogens with zero attached hydrogens (tertiary/aromatic N) is 7. The molecule has 2 atom stereocenters. The number of rotatable bonds is 6. The van der Waals surface area contributed by atoms with E-state index >= 15 is 0 Å². The Labute approximate surface area is 229 Å². The SMILES string of the molecule is C[C@@H](F)c1cccc([C@@]2(N)CCCN(c3cnc(-c4ccc(F)cc4)cc3Cn3cnc4c(N)ncnc43)C2)n1. The number of fused-ring (bicyclic) bond motifs is 1. The summed E-state index contributed by atoms with van der Waals surface area (Å²) in [5.74, 6) is 0.00200. The van der Waals surface area contributed by atoms with Crippen LogP contribution in [0.25, 0.3) is 22.4 Å². The number of nitrogens with two attached hydrogens (primary N) is 2. The third-order valence-corrected chi connectivity index (χ3v) is 7.43. The molecule has 1 aliphatic rings. The molecular weight excluding hydrogens is 512 g/mol. The number of nitrogen functional groups attached to an aromatic ring is 1. The summed E-state index contributed by atoms with van der Waals surface area (Å²) < 4.78 is 29.6. The molecule has 4 N–H and O–H groups in total. The molecule has 204 valence electrons. The van der Waals surface area contributed by atoms with E-state index in [2.05, 4.69) is 24.8 Å². The van der Waals surface area contributed by atoms with Crippen molar-refractivity contribution in [2.45, 2.75) is 38.0 Å². The molecule has 0 amide bonds. The standard InChI is InChI=1S/C29H29F2N9/c1-18(30)22-4-2-5-25(38-22)29(33)10-3-11-39(15-29)24-13-34-23(19-6-8-21(31)9-7-19)12-20(24)14-40-17-37-26-27(32)35-16-36-28(26)40/h2,4-9,12-13,16-18H,3,10-11,14-15,33H2,1H3,(H2,32,35,36)/t18-,29-/m1/s1. The lowest BCUT2D eigenvalue weighted by molar-refractivity contribution is 0.334. The summed E-state index contributed by atoms with van der Waals surface area (Å²) in [6.45, 7) is 3.15. The van der Waals surface area contributed by atoms with E-state index < -0.39 is 11.7 Å². The van der Waals surface area contributed by atoms with Gasteiger partial charge in [0.15, 0.2) is 11.5 Å². The van der Waals surface area contributed by atoms with Crippen molar-refractivity contribution in [3.63, 3.8) is 0 Å². The maximum atomic E-state index is 14.0. The molecule has 9 nitrogen and oxygen atoms in total. The predicted molar refractivity (Wildman–Crippen MR) is 150 cm³/mol. The van der Waals surface area contributed by atoms with E-state index in [1.807, 2.05) is 29.0 Å². The highest BCUT2D eigenvalue weighted by Crippen LogP contribution is 2.35. The number of benzene rings is 1. The van der Waals surface area contributed by atoms with Crippen LogP contribution in [-0.2, 0) is 12.1 Å². The fourth-order valence-corrected chi connectivity index (χ4v) is 5.33. The fourth-order valence-electron chi connectivity index (χ4n) is 5.33. The molecule has 5 aromatic rings. The van der Waals surface area contributed by atoms with Crippen molar-refractivity contribution in [1.82, 2.24) is 29.5 Å². The number of anilines is 2. The van der Waals surface area contributed by atoms with Crippen molar-refractivity contribution in [3.8, 4) is 11.3 Å². The summed E-state index contributed by atoms with van der Waals surface area (Å²) in [5, 5.41) is 0. The molecule has 0 radical (unpaired) electrons. The Morgan fingerprint density at radius 3 is 2.70 bits per heavy atom. The fraction of sp³-hybridized carbons (Fsp3) is 0.276. The quantitative estimate of drug-likeness (QED) is 0.321. The molecule has 1 fully saturated rings. The zero-order chi connectivity index (χ0) is 27.9. The lowest BCUT2D eigenvalue weighted by atomic mass is 9.85. The van der Waals surface area contributed by atoms with Crippen molar-refractivity contribution in [2.75, 3.05) is 23.7 Å². The van der Waals surface area contributed by atoms with Gasteiger partial charge in [-0.25, -0.2) is 23.7 Å². The molecule has 0 unspecified atom stereocenters. The third-order valence-electron chi connectivity index (χ3n) is 7.43. The largest absolute Gasteiger partial charge is 0.382 e. The van der Waals surface area contributed by atoms with Crippen LogP contribution in [0.15, 0.2) is 67.4 Å². The van der Waals surface area contributed by atoms with Gasteiger partial charge >= 0.3 is 0 Å². The highest BCUT2D eigenvalue weighted by atomic mass is 19.1. The molecule has 40 heavy (non-hydrogen) atoms. The lowest BCUT2D eigenvalue weighted by Gasteiger charge is -2.41. The molecule has 0 saturated carbocycles. The van der Waals surface area contributed by atoms with E-state index in [0.29, 0.717) is 47.2 Å². The van der Waals surface area contributed by atoms with Crippen LogP contribution in [0.3, 0.4) is 0 Å². The lowest BCUT2D eigenvalue weighted by Crippen LogP contribution is -2.52. The van der Waals surface area contributed by atoms with E-state index in [9.17, 15) is 8.78 Å². The van der Waals surface area contributed by atoms with Gasteiger partial charge in [-0.3, -0.25) is 9.97 Å². The molecule has 1 aromatic carbocycles. The van der Waals surface area contributed by atoms with Crippen LogP contribution in [0.2, 0.25) is 0 Å². The second-order valence-corrected chi connectivity index (χ2v) is 10.3. The van der Waals surface area contributed by atoms with Crippen LogP contribution in [0, 0.1) is 5.82 Å². The normalized spacial score (nSPS) is 18.2. The van der Waals surface area contributed by atoms with Crippen molar-refractivity contribution in [1.29, 1.82) is 0 Å². The van der Waals surface area contributed by atoms with Crippen LogP contribution in [0.1, 0.15) is 42.9 Å². The molecule has 0 spiro atoms. The predicted octanol–water partition coefficient (Wildman–Crippen LogP) is 4.54. The van der Waals surface area contributed by atoms with Crippen LogP contribution >= 0.6 is 0 Å². The second-order valence-electron chi connectivity index (χ2n) is 10.3. The average Bonchev–Trinajstić information content (AvgIpc) is 3.37. The summed E-state index contributed by atoms with van der Waals surface area (Å²) in [5.41, 5.74) is 17.8. The molecular formula is C29H29F2N9.